The highest BCUT2D eigenvalue weighted by Gasteiger charge is 2.21. The van der Waals surface area contributed by atoms with Crippen LogP contribution in [0.5, 0.6) is 0 Å². The molecule has 1 unspecified atom stereocenters. The largest absolute Gasteiger partial charge is 0.465 e. The van der Waals surface area contributed by atoms with Crippen LogP contribution in [0.1, 0.15) is 41.4 Å². The summed E-state index contributed by atoms with van der Waals surface area (Å²) in [5.41, 5.74) is 0.212. The fourth-order valence-electron chi connectivity index (χ4n) is 2.66. The van der Waals surface area contributed by atoms with Crippen molar-refractivity contribution in [3.63, 3.8) is 0 Å². The second kappa shape index (κ2) is 8.94. The molecule has 1 atom stereocenters. The van der Waals surface area contributed by atoms with Gasteiger partial charge in [0.05, 0.1) is 24.3 Å². The van der Waals surface area contributed by atoms with Gasteiger partial charge in [-0.3, -0.25) is 24.3 Å². The zero-order valence-corrected chi connectivity index (χ0v) is 15.8. The van der Waals surface area contributed by atoms with E-state index in [0.717, 1.165) is 35.9 Å². The summed E-state index contributed by atoms with van der Waals surface area (Å²) < 4.78 is 5.30. The monoisotopic (exact) mass is 387 g/mol. The number of aryl methyl sites for hydroxylation is 1. The first-order valence-corrected chi connectivity index (χ1v) is 8.62. The SMILES string of the molecule is CCc1ccc(C(C)NC(=O)Cn2cc([N+](=O)[O-])cc(C(=O)OC)c2=O)cc1. The summed E-state index contributed by atoms with van der Waals surface area (Å²) in [5, 5.41) is 13.8. The Morgan fingerprint density at radius 3 is 2.46 bits per heavy atom. The van der Waals surface area contributed by atoms with Gasteiger partial charge < -0.3 is 10.1 Å². The van der Waals surface area contributed by atoms with E-state index < -0.39 is 40.2 Å². The predicted octanol–water partition coefficient (Wildman–Crippen LogP) is 1.98. The zero-order valence-electron chi connectivity index (χ0n) is 15.8. The summed E-state index contributed by atoms with van der Waals surface area (Å²) in [6.07, 6.45) is 1.83. The van der Waals surface area contributed by atoms with Gasteiger partial charge in [0.15, 0.2) is 0 Å². The van der Waals surface area contributed by atoms with Crippen LogP contribution in [0.4, 0.5) is 5.69 Å². The first kappa shape index (κ1) is 20.8. The number of hydrogen-bond acceptors (Lipinski definition) is 6. The number of aromatic nitrogens is 1. The molecule has 148 valence electrons. The lowest BCUT2D eigenvalue weighted by molar-refractivity contribution is -0.385. The predicted molar refractivity (Wildman–Crippen MR) is 101 cm³/mol. The Bertz CT molecular complexity index is 949. The Kier molecular flexibility index (Phi) is 6.64. The number of nitro groups is 1. The van der Waals surface area contributed by atoms with Gasteiger partial charge in [-0.15, -0.1) is 0 Å². The molecular weight excluding hydrogens is 366 g/mol. The third-order valence-corrected chi connectivity index (χ3v) is 4.27. The van der Waals surface area contributed by atoms with Crippen LogP contribution >= 0.6 is 0 Å². The number of carbonyl (C=O) groups is 2. The molecule has 0 spiro atoms. The summed E-state index contributed by atoms with van der Waals surface area (Å²) in [6, 6.07) is 8.24. The van der Waals surface area contributed by atoms with Crippen LogP contribution in [0.25, 0.3) is 0 Å². The maximum atomic E-state index is 12.4. The molecule has 0 radical (unpaired) electrons. The van der Waals surface area contributed by atoms with Gasteiger partial charge in [0, 0.05) is 6.07 Å². The number of benzene rings is 1. The molecule has 28 heavy (non-hydrogen) atoms. The van der Waals surface area contributed by atoms with Crippen molar-refractivity contribution in [1.82, 2.24) is 9.88 Å². The fraction of sp³-hybridized carbons (Fsp3) is 0.316. The summed E-state index contributed by atoms with van der Waals surface area (Å²) in [4.78, 5) is 46.7. The molecular formula is C19H21N3O6. The summed E-state index contributed by atoms with van der Waals surface area (Å²) in [5.74, 6) is -1.53. The molecule has 1 aromatic heterocycles. The minimum absolute atomic E-state index is 0.326. The second-order valence-corrected chi connectivity index (χ2v) is 6.18. The van der Waals surface area contributed by atoms with Crippen LogP contribution in [0.3, 0.4) is 0 Å². The molecule has 0 aliphatic carbocycles. The minimum Gasteiger partial charge on any atom is -0.465 e. The van der Waals surface area contributed by atoms with E-state index in [0.29, 0.717) is 0 Å². The molecule has 0 fully saturated rings. The first-order valence-electron chi connectivity index (χ1n) is 8.62. The van der Waals surface area contributed by atoms with Crippen LogP contribution in [0.2, 0.25) is 0 Å². The number of ether oxygens (including phenoxy) is 1. The molecule has 1 aromatic carbocycles. The highest BCUT2D eigenvalue weighted by molar-refractivity contribution is 5.89. The van der Waals surface area contributed by atoms with Crippen molar-refractivity contribution >= 4 is 17.6 Å². The Morgan fingerprint density at radius 1 is 1.29 bits per heavy atom. The van der Waals surface area contributed by atoms with E-state index in [1.54, 1.807) is 6.92 Å². The van der Waals surface area contributed by atoms with E-state index in [-0.39, 0.29) is 6.04 Å². The highest BCUT2D eigenvalue weighted by Crippen LogP contribution is 2.14. The Balaban J connectivity index is 2.22. The first-order chi connectivity index (χ1) is 13.3. The van der Waals surface area contributed by atoms with Gasteiger partial charge in [-0.25, -0.2) is 4.79 Å². The number of hydrogen-bond donors (Lipinski definition) is 1. The van der Waals surface area contributed by atoms with Crippen molar-refractivity contribution in [2.24, 2.45) is 0 Å². The second-order valence-electron chi connectivity index (χ2n) is 6.18. The minimum atomic E-state index is -1.01. The quantitative estimate of drug-likeness (QED) is 0.441. The van der Waals surface area contributed by atoms with E-state index in [2.05, 4.69) is 10.1 Å². The standard InChI is InChI=1S/C19H21N3O6/c1-4-13-5-7-14(8-6-13)12(2)20-17(23)11-21-10-15(22(26)27)9-16(18(21)24)19(25)28-3/h5-10,12H,4,11H2,1-3H3,(H,20,23). The smallest absolute Gasteiger partial charge is 0.343 e. The lowest BCUT2D eigenvalue weighted by atomic mass is 10.1. The number of rotatable bonds is 7. The average molecular weight is 387 g/mol. The van der Waals surface area contributed by atoms with E-state index in [1.807, 2.05) is 31.2 Å². The number of nitrogens with zero attached hydrogens (tertiary/aromatic N) is 2. The molecule has 2 rings (SSSR count). The van der Waals surface area contributed by atoms with Crippen molar-refractivity contribution < 1.29 is 19.2 Å². The number of esters is 1. The number of carbonyl (C=O) groups excluding carboxylic acids is 2. The molecule has 1 heterocycles. The van der Waals surface area contributed by atoms with Crippen molar-refractivity contribution in [2.75, 3.05) is 7.11 Å². The maximum Gasteiger partial charge on any atom is 0.343 e. The Labute approximate surface area is 161 Å². The number of methoxy groups -OCH3 is 1. The summed E-state index contributed by atoms with van der Waals surface area (Å²) in [6.45, 7) is 3.36. The topological polar surface area (TPSA) is 121 Å². The molecule has 0 saturated carbocycles. The van der Waals surface area contributed by atoms with Gasteiger partial charge in [0.25, 0.3) is 11.2 Å². The maximum absolute atomic E-state index is 12.4. The molecule has 0 bridgehead atoms. The molecule has 0 saturated heterocycles. The number of nitrogens with one attached hydrogen (secondary N) is 1. The van der Waals surface area contributed by atoms with Crippen molar-refractivity contribution in [3.8, 4) is 0 Å². The van der Waals surface area contributed by atoms with Gasteiger partial charge in [-0.1, -0.05) is 31.2 Å². The summed E-state index contributed by atoms with van der Waals surface area (Å²) >= 11 is 0. The lowest BCUT2D eigenvalue weighted by Gasteiger charge is -2.15. The van der Waals surface area contributed by atoms with Crippen molar-refractivity contribution in [2.45, 2.75) is 32.9 Å². The molecule has 0 aliphatic rings. The molecule has 2 aromatic rings. The molecule has 9 nitrogen and oxygen atoms in total. The Hall–Kier alpha value is -3.49. The van der Waals surface area contributed by atoms with E-state index >= 15 is 0 Å². The molecule has 1 N–H and O–H groups in total. The van der Waals surface area contributed by atoms with Crippen molar-refractivity contribution in [1.29, 1.82) is 0 Å². The van der Waals surface area contributed by atoms with E-state index in [1.165, 1.54) is 5.56 Å². The number of pyridine rings is 1. The lowest BCUT2D eigenvalue weighted by Crippen LogP contribution is -2.35. The van der Waals surface area contributed by atoms with Crippen LogP contribution in [-0.2, 0) is 22.5 Å². The van der Waals surface area contributed by atoms with Gasteiger partial charge in [0.2, 0.25) is 5.91 Å². The van der Waals surface area contributed by atoms with Crippen LogP contribution in [0.15, 0.2) is 41.3 Å². The van der Waals surface area contributed by atoms with Crippen LogP contribution < -0.4 is 10.9 Å². The van der Waals surface area contributed by atoms with Gasteiger partial charge >= 0.3 is 5.97 Å². The molecule has 0 aliphatic heterocycles. The highest BCUT2D eigenvalue weighted by atomic mass is 16.6. The zero-order chi connectivity index (χ0) is 20.8. The van der Waals surface area contributed by atoms with Crippen LogP contribution in [-0.4, -0.2) is 28.5 Å². The normalized spacial score (nSPS) is 11.5. The Morgan fingerprint density at radius 2 is 1.93 bits per heavy atom. The van der Waals surface area contributed by atoms with Gasteiger partial charge in [-0.2, -0.15) is 0 Å². The van der Waals surface area contributed by atoms with Crippen molar-refractivity contribution in [3.05, 3.63) is 73.7 Å². The third-order valence-electron chi connectivity index (χ3n) is 4.27. The van der Waals surface area contributed by atoms with Crippen LogP contribution in [0, 0.1) is 10.1 Å². The van der Waals surface area contributed by atoms with E-state index in [9.17, 15) is 24.5 Å². The molecule has 1 amide bonds. The van der Waals surface area contributed by atoms with Gasteiger partial charge in [-0.05, 0) is 24.5 Å². The summed E-state index contributed by atoms with van der Waals surface area (Å²) in [7, 11) is 1.06. The third kappa shape index (κ3) is 4.81. The molecule has 9 heteroatoms. The fourth-order valence-corrected chi connectivity index (χ4v) is 2.66. The number of amides is 1. The van der Waals surface area contributed by atoms with E-state index in [4.69, 9.17) is 0 Å². The average Bonchev–Trinajstić information content (AvgIpc) is 2.68. The van der Waals surface area contributed by atoms with Gasteiger partial charge in [0.1, 0.15) is 12.1 Å².